The Balaban J connectivity index is 1.78. The summed E-state index contributed by atoms with van der Waals surface area (Å²) < 4.78 is 0. The fraction of sp³-hybridized carbons (Fsp3) is 0.545. The standard InChI is InChI=1S/C11H16N2OS/c1-8-7-15-11(13-8)5-12-10-3-2-9(4-10)6-14/h2-3,7,9-10,12,14H,4-6H2,1H3/t9-,10+/m0/s1. The molecule has 2 rings (SSSR count). The molecule has 0 radical (unpaired) electrons. The van der Waals surface area contributed by atoms with E-state index in [-0.39, 0.29) is 6.61 Å². The molecule has 1 aromatic rings. The summed E-state index contributed by atoms with van der Waals surface area (Å²) in [6.45, 7) is 3.09. The van der Waals surface area contributed by atoms with Crippen LogP contribution in [0.4, 0.5) is 0 Å². The maximum Gasteiger partial charge on any atom is 0.107 e. The average molecular weight is 224 g/mol. The van der Waals surface area contributed by atoms with Crippen molar-refractivity contribution in [3.63, 3.8) is 0 Å². The minimum Gasteiger partial charge on any atom is -0.396 e. The van der Waals surface area contributed by atoms with Crippen molar-refractivity contribution < 1.29 is 5.11 Å². The van der Waals surface area contributed by atoms with E-state index in [2.05, 4.69) is 27.8 Å². The number of thiazole rings is 1. The molecule has 2 atom stereocenters. The van der Waals surface area contributed by atoms with E-state index in [1.807, 2.05) is 6.92 Å². The number of aliphatic hydroxyl groups is 1. The Morgan fingerprint density at radius 3 is 3.07 bits per heavy atom. The highest BCUT2D eigenvalue weighted by Gasteiger charge is 2.17. The molecule has 1 heterocycles. The molecule has 15 heavy (non-hydrogen) atoms. The second-order valence-electron chi connectivity index (χ2n) is 3.93. The summed E-state index contributed by atoms with van der Waals surface area (Å²) in [5.41, 5.74) is 1.09. The van der Waals surface area contributed by atoms with Gasteiger partial charge in [0, 0.05) is 36.2 Å². The van der Waals surface area contributed by atoms with Gasteiger partial charge in [-0.15, -0.1) is 11.3 Å². The number of hydrogen-bond donors (Lipinski definition) is 2. The lowest BCUT2D eigenvalue weighted by Crippen LogP contribution is -2.26. The predicted octanol–water partition coefficient (Wildman–Crippen LogP) is 1.48. The van der Waals surface area contributed by atoms with E-state index in [1.165, 1.54) is 0 Å². The molecule has 0 unspecified atom stereocenters. The molecule has 3 nitrogen and oxygen atoms in total. The highest BCUT2D eigenvalue weighted by Crippen LogP contribution is 2.17. The number of nitrogens with one attached hydrogen (secondary N) is 1. The van der Waals surface area contributed by atoms with Gasteiger partial charge in [-0.25, -0.2) is 4.98 Å². The Morgan fingerprint density at radius 1 is 1.60 bits per heavy atom. The fourth-order valence-corrected chi connectivity index (χ4v) is 2.49. The van der Waals surface area contributed by atoms with Crippen LogP contribution in [-0.4, -0.2) is 22.7 Å². The van der Waals surface area contributed by atoms with E-state index in [0.29, 0.717) is 12.0 Å². The van der Waals surface area contributed by atoms with Gasteiger partial charge < -0.3 is 10.4 Å². The Morgan fingerprint density at radius 2 is 2.47 bits per heavy atom. The maximum absolute atomic E-state index is 8.98. The van der Waals surface area contributed by atoms with Crippen molar-refractivity contribution in [1.29, 1.82) is 0 Å². The van der Waals surface area contributed by atoms with E-state index >= 15 is 0 Å². The van der Waals surface area contributed by atoms with Gasteiger partial charge in [0.15, 0.2) is 0 Å². The Labute approximate surface area is 93.9 Å². The number of rotatable bonds is 4. The van der Waals surface area contributed by atoms with Crippen LogP contribution >= 0.6 is 11.3 Å². The summed E-state index contributed by atoms with van der Waals surface area (Å²) in [5.74, 6) is 0.334. The van der Waals surface area contributed by atoms with Crippen molar-refractivity contribution in [2.45, 2.75) is 25.9 Å². The van der Waals surface area contributed by atoms with Crippen molar-refractivity contribution in [1.82, 2.24) is 10.3 Å². The van der Waals surface area contributed by atoms with Crippen molar-refractivity contribution in [3.8, 4) is 0 Å². The summed E-state index contributed by atoms with van der Waals surface area (Å²) in [5, 5.41) is 15.6. The highest BCUT2D eigenvalue weighted by molar-refractivity contribution is 7.09. The lowest BCUT2D eigenvalue weighted by Gasteiger charge is -2.10. The van der Waals surface area contributed by atoms with Crippen LogP contribution in [0.2, 0.25) is 0 Å². The minimum atomic E-state index is 0.255. The monoisotopic (exact) mass is 224 g/mol. The second kappa shape index (κ2) is 4.88. The van der Waals surface area contributed by atoms with Crippen LogP contribution in [-0.2, 0) is 6.54 Å². The zero-order valence-electron chi connectivity index (χ0n) is 8.81. The third-order valence-corrected chi connectivity index (χ3v) is 3.56. The highest BCUT2D eigenvalue weighted by atomic mass is 32.1. The van der Waals surface area contributed by atoms with E-state index in [1.54, 1.807) is 11.3 Å². The van der Waals surface area contributed by atoms with Gasteiger partial charge in [-0.2, -0.15) is 0 Å². The summed E-state index contributed by atoms with van der Waals surface area (Å²) in [6.07, 6.45) is 5.23. The largest absolute Gasteiger partial charge is 0.396 e. The number of nitrogens with zero attached hydrogens (tertiary/aromatic N) is 1. The van der Waals surface area contributed by atoms with Crippen molar-refractivity contribution >= 4 is 11.3 Å². The van der Waals surface area contributed by atoms with Crippen LogP contribution in [0.25, 0.3) is 0 Å². The molecule has 0 bridgehead atoms. The van der Waals surface area contributed by atoms with E-state index in [4.69, 9.17) is 5.11 Å². The molecular weight excluding hydrogens is 208 g/mol. The Hall–Kier alpha value is -0.710. The first-order chi connectivity index (χ1) is 7.28. The van der Waals surface area contributed by atoms with Gasteiger partial charge in [0.2, 0.25) is 0 Å². The number of aryl methyl sites for hydroxylation is 1. The summed E-state index contributed by atoms with van der Waals surface area (Å²) in [6, 6.07) is 0.395. The molecular formula is C11H16N2OS. The van der Waals surface area contributed by atoms with Crippen LogP contribution in [0.15, 0.2) is 17.5 Å². The van der Waals surface area contributed by atoms with Crippen molar-refractivity contribution in [3.05, 3.63) is 28.2 Å². The van der Waals surface area contributed by atoms with Gasteiger partial charge in [-0.05, 0) is 13.3 Å². The first kappa shape index (κ1) is 10.8. The molecule has 0 saturated heterocycles. The summed E-state index contributed by atoms with van der Waals surface area (Å²) >= 11 is 1.69. The molecule has 0 aliphatic heterocycles. The smallest absolute Gasteiger partial charge is 0.107 e. The van der Waals surface area contributed by atoms with Crippen molar-refractivity contribution in [2.24, 2.45) is 5.92 Å². The lowest BCUT2D eigenvalue weighted by atomic mass is 10.1. The van der Waals surface area contributed by atoms with Crippen LogP contribution in [0.1, 0.15) is 17.1 Å². The van der Waals surface area contributed by atoms with E-state index in [9.17, 15) is 0 Å². The quantitative estimate of drug-likeness (QED) is 0.761. The van der Waals surface area contributed by atoms with Gasteiger partial charge >= 0.3 is 0 Å². The molecule has 4 heteroatoms. The van der Waals surface area contributed by atoms with Gasteiger partial charge in [0.1, 0.15) is 5.01 Å². The van der Waals surface area contributed by atoms with E-state index < -0.39 is 0 Å². The first-order valence-electron chi connectivity index (χ1n) is 5.21. The molecule has 0 fully saturated rings. The van der Waals surface area contributed by atoms with Gasteiger partial charge in [0.25, 0.3) is 0 Å². The van der Waals surface area contributed by atoms with Crippen LogP contribution < -0.4 is 5.32 Å². The zero-order valence-corrected chi connectivity index (χ0v) is 9.63. The first-order valence-corrected chi connectivity index (χ1v) is 6.09. The van der Waals surface area contributed by atoms with Crippen LogP contribution in [0.5, 0.6) is 0 Å². The van der Waals surface area contributed by atoms with E-state index in [0.717, 1.165) is 23.7 Å². The SMILES string of the molecule is Cc1csc(CN[C@@H]2C=C[C@H](CO)C2)n1. The molecule has 0 amide bonds. The average Bonchev–Trinajstić information content (AvgIpc) is 2.83. The number of hydrogen-bond acceptors (Lipinski definition) is 4. The second-order valence-corrected chi connectivity index (χ2v) is 4.88. The minimum absolute atomic E-state index is 0.255. The predicted molar refractivity (Wildman–Crippen MR) is 61.8 cm³/mol. The Kier molecular flexibility index (Phi) is 3.51. The third kappa shape index (κ3) is 2.87. The maximum atomic E-state index is 8.98. The fourth-order valence-electron chi connectivity index (χ4n) is 1.76. The molecule has 2 N–H and O–H groups in total. The number of aromatic nitrogens is 1. The summed E-state index contributed by atoms with van der Waals surface area (Å²) in [4.78, 5) is 4.39. The lowest BCUT2D eigenvalue weighted by molar-refractivity contribution is 0.246. The molecule has 1 aromatic heterocycles. The van der Waals surface area contributed by atoms with Gasteiger partial charge in [0.05, 0.1) is 0 Å². The molecule has 0 saturated carbocycles. The molecule has 82 valence electrons. The topological polar surface area (TPSA) is 45.1 Å². The Bertz CT molecular complexity index is 348. The number of aliphatic hydroxyl groups excluding tert-OH is 1. The van der Waals surface area contributed by atoms with Crippen LogP contribution in [0.3, 0.4) is 0 Å². The molecule has 0 spiro atoms. The van der Waals surface area contributed by atoms with Gasteiger partial charge in [-0.1, -0.05) is 12.2 Å². The zero-order chi connectivity index (χ0) is 10.7. The molecule has 1 aliphatic rings. The molecule has 0 aromatic carbocycles. The third-order valence-electron chi connectivity index (χ3n) is 2.59. The van der Waals surface area contributed by atoms with Crippen LogP contribution in [0, 0.1) is 12.8 Å². The molecule has 1 aliphatic carbocycles. The summed E-state index contributed by atoms with van der Waals surface area (Å²) in [7, 11) is 0. The van der Waals surface area contributed by atoms with Crippen molar-refractivity contribution in [2.75, 3.05) is 6.61 Å². The normalized spacial score (nSPS) is 24.9. The van der Waals surface area contributed by atoms with Gasteiger partial charge in [-0.3, -0.25) is 0 Å².